The van der Waals surface area contributed by atoms with Crippen molar-refractivity contribution in [3.8, 4) is 5.75 Å². The van der Waals surface area contributed by atoms with Gasteiger partial charge in [-0.3, -0.25) is 0 Å². The Morgan fingerprint density at radius 1 is 1.17 bits per heavy atom. The lowest BCUT2D eigenvalue weighted by Gasteiger charge is -2.28. The van der Waals surface area contributed by atoms with E-state index in [-0.39, 0.29) is 35.6 Å². The van der Waals surface area contributed by atoms with E-state index in [1.165, 1.54) is 18.2 Å². The summed E-state index contributed by atoms with van der Waals surface area (Å²) in [5.41, 5.74) is 0.241. The monoisotopic (exact) mass is 255 g/mol. The first kappa shape index (κ1) is 14.9. The molecule has 0 aliphatic carbocycles. The third-order valence-corrected chi connectivity index (χ3v) is 2.58. The Labute approximate surface area is 107 Å². The lowest BCUT2D eigenvalue weighted by Crippen LogP contribution is -2.46. The van der Waals surface area contributed by atoms with Crippen LogP contribution in [0.15, 0.2) is 18.2 Å². The Bertz CT molecular complexity index is 410. The molecule has 0 bridgehead atoms. The first-order valence-electron chi connectivity index (χ1n) is 5.79. The van der Waals surface area contributed by atoms with Gasteiger partial charge in [0.05, 0.1) is 13.2 Å². The van der Waals surface area contributed by atoms with E-state index in [1.807, 2.05) is 20.8 Å². The van der Waals surface area contributed by atoms with Gasteiger partial charge in [-0.25, -0.2) is 0 Å². The van der Waals surface area contributed by atoms with E-state index in [1.54, 1.807) is 0 Å². The van der Waals surface area contributed by atoms with Crippen molar-refractivity contribution in [2.45, 2.75) is 38.7 Å². The first-order valence-corrected chi connectivity index (χ1v) is 5.79. The van der Waals surface area contributed by atoms with Gasteiger partial charge >= 0.3 is 0 Å². The Hall–Kier alpha value is -1.14. The van der Waals surface area contributed by atoms with Crippen molar-refractivity contribution in [2.75, 3.05) is 6.54 Å². The maximum Gasteiger partial charge on any atom is 0.202 e. The number of aromatic hydroxyl groups is 1. The Morgan fingerprint density at radius 3 is 2.28 bits per heavy atom. The largest absolute Gasteiger partial charge is 0.508 e. The van der Waals surface area contributed by atoms with Crippen LogP contribution in [0.5, 0.6) is 5.75 Å². The van der Waals surface area contributed by atoms with Gasteiger partial charge in [-0.2, -0.15) is 0 Å². The second-order valence-electron chi connectivity index (χ2n) is 5.42. The molecule has 0 aliphatic heterocycles. The molecule has 0 aromatic heterocycles. The Balaban J connectivity index is 2.90. The maximum absolute atomic E-state index is 9.99. The van der Waals surface area contributed by atoms with Crippen LogP contribution < -0.4 is 5.32 Å². The molecule has 0 radical (unpaired) electrons. The molecule has 102 valence electrons. The third-order valence-electron chi connectivity index (χ3n) is 2.58. The van der Waals surface area contributed by atoms with Crippen LogP contribution in [0.25, 0.3) is 0 Å². The molecular weight excluding hydrogens is 234 g/mol. The van der Waals surface area contributed by atoms with E-state index in [4.69, 9.17) is 5.11 Å². The van der Waals surface area contributed by atoms with Crippen molar-refractivity contribution in [3.63, 3.8) is 0 Å². The third kappa shape index (κ3) is 3.96. The molecule has 0 aliphatic rings. The normalized spacial score (nSPS) is 12.8. The number of hydrogen-bond donors (Lipinski definition) is 5. The summed E-state index contributed by atoms with van der Waals surface area (Å²) in [6.45, 7) is 5.34. The Morgan fingerprint density at radius 2 is 1.78 bits per heavy atom. The van der Waals surface area contributed by atoms with Crippen molar-refractivity contribution >= 4 is 0 Å². The molecule has 0 spiro atoms. The van der Waals surface area contributed by atoms with Gasteiger partial charge in [-0.1, -0.05) is 0 Å². The molecule has 5 N–H and O–H groups in total. The lowest BCUT2D eigenvalue weighted by molar-refractivity contribution is -0.167. The van der Waals surface area contributed by atoms with Gasteiger partial charge in [0.25, 0.3) is 0 Å². The van der Waals surface area contributed by atoms with Crippen molar-refractivity contribution < 1.29 is 20.4 Å². The zero-order chi connectivity index (χ0) is 14.0. The second kappa shape index (κ2) is 5.24. The highest BCUT2D eigenvalue weighted by atomic mass is 16.5. The van der Waals surface area contributed by atoms with Gasteiger partial charge in [-0.15, -0.1) is 0 Å². The predicted octanol–water partition coefficient (Wildman–Crippen LogP) is 0.410. The second-order valence-corrected chi connectivity index (χ2v) is 5.42. The lowest BCUT2D eigenvalue weighted by atomic mass is 10.0. The van der Waals surface area contributed by atoms with Crippen LogP contribution in [0.2, 0.25) is 0 Å². The highest BCUT2D eigenvalue weighted by Crippen LogP contribution is 2.25. The van der Waals surface area contributed by atoms with Crippen molar-refractivity contribution in [3.05, 3.63) is 29.3 Å². The summed E-state index contributed by atoms with van der Waals surface area (Å²) >= 11 is 0. The molecule has 0 fully saturated rings. The van der Waals surface area contributed by atoms with Gasteiger partial charge < -0.3 is 25.7 Å². The summed E-state index contributed by atoms with van der Waals surface area (Å²) in [5, 5.41) is 41.4. The predicted molar refractivity (Wildman–Crippen MR) is 67.9 cm³/mol. The SMILES string of the molecule is CC(C)(C)NCC(O)(O)c1ccc(O)c(CO)c1. The van der Waals surface area contributed by atoms with Gasteiger partial charge in [0.2, 0.25) is 5.79 Å². The fourth-order valence-corrected chi connectivity index (χ4v) is 1.45. The van der Waals surface area contributed by atoms with Gasteiger partial charge in [0.15, 0.2) is 0 Å². The molecule has 0 saturated heterocycles. The van der Waals surface area contributed by atoms with E-state index >= 15 is 0 Å². The van der Waals surface area contributed by atoms with E-state index in [9.17, 15) is 15.3 Å². The molecule has 5 nitrogen and oxygen atoms in total. The van der Waals surface area contributed by atoms with Crippen LogP contribution in [0.4, 0.5) is 0 Å². The van der Waals surface area contributed by atoms with Crippen LogP contribution in [0.1, 0.15) is 31.9 Å². The molecule has 0 unspecified atom stereocenters. The van der Waals surface area contributed by atoms with Crippen LogP contribution >= 0.6 is 0 Å². The number of aliphatic hydroxyl groups excluding tert-OH is 1. The molecule has 5 heteroatoms. The summed E-state index contributed by atoms with van der Waals surface area (Å²) in [7, 11) is 0. The fourth-order valence-electron chi connectivity index (χ4n) is 1.45. The van der Waals surface area contributed by atoms with Crippen LogP contribution in [-0.4, -0.2) is 32.5 Å². The number of nitrogens with one attached hydrogen (secondary N) is 1. The average Bonchev–Trinajstić information content (AvgIpc) is 2.26. The van der Waals surface area contributed by atoms with Gasteiger partial charge in [0, 0.05) is 16.7 Å². The zero-order valence-corrected chi connectivity index (χ0v) is 10.9. The summed E-state index contributed by atoms with van der Waals surface area (Å²) in [6.07, 6.45) is 0. The summed E-state index contributed by atoms with van der Waals surface area (Å²) < 4.78 is 0. The van der Waals surface area contributed by atoms with Crippen molar-refractivity contribution in [1.82, 2.24) is 5.32 Å². The highest BCUT2D eigenvalue weighted by molar-refractivity contribution is 5.37. The number of phenols is 1. The van der Waals surface area contributed by atoms with E-state index in [0.29, 0.717) is 0 Å². The summed E-state index contributed by atoms with van der Waals surface area (Å²) in [5.74, 6) is -2.12. The first-order chi connectivity index (χ1) is 8.15. The smallest absolute Gasteiger partial charge is 0.202 e. The fraction of sp³-hybridized carbons (Fsp3) is 0.538. The molecule has 1 aromatic rings. The number of aliphatic hydroxyl groups is 3. The topological polar surface area (TPSA) is 93.0 Å². The minimum Gasteiger partial charge on any atom is -0.508 e. The molecular formula is C13H21NO4. The van der Waals surface area contributed by atoms with E-state index in [0.717, 1.165) is 0 Å². The molecule has 0 atom stereocenters. The van der Waals surface area contributed by atoms with Crippen LogP contribution in [0.3, 0.4) is 0 Å². The summed E-state index contributed by atoms with van der Waals surface area (Å²) in [6, 6.07) is 4.12. The van der Waals surface area contributed by atoms with E-state index < -0.39 is 5.79 Å². The maximum atomic E-state index is 9.99. The minimum absolute atomic E-state index is 0.0495. The van der Waals surface area contributed by atoms with Crippen LogP contribution in [0, 0.1) is 0 Å². The number of hydrogen-bond acceptors (Lipinski definition) is 5. The Kier molecular flexibility index (Phi) is 4.34. The molecule has 0 heterocycles. The minimum atomic E-state index is -2.05. The molecule has 0 saturated carbocycles. The molecule has 18 heavy (non-hydrogen) atoms. The number of rotatable bonds is 4. The van der Waals surface area contributed by atoms with Crippen LogP contribution in [-0.2, 0) is 12.4 Å². The molecule has 0 amide bonds. The van der Waals surface area contributed by atoms with Gasteiger partial charge in [0.1, 0.15) is 5.75 Å². The summed E-state index contributed by atoms with van der Waals surface area (Å²) in [4.78, 5) is 0. The van der Waals surface area contributed by atoms with Crippen molar-refractivity contribution in [2.24, 2.45) is 0 Å². The van der Waals surface area contributed by atoms with Crippen molar-refractivity contribution in [1.29, 1.82) is 0 Å². The highest BCUT2D eigenvalue weighted by Gasteiger charge is 2.28. The quantitative estimate of drug-likeness (QED) is 0.503. The number of β-amino-alcohol motifs (C(OH)–C–C–N with tert-alkyl or cyclic N) is 2. The standard InChI is InChI=1S/C13H21NO4/c1-12(2,3)14-8-13(17,18)10-4-5-11(16)9(6-10)7-15/h4-6,14-18H,7-8H2,1-3H3. The zero-order valence-electron chi connectivity index (χ0n) is 10.9. The molecule has 1 aromatic carbocycles. The van der Waals surface area contributed by atoms with E-state index in [2.05, 4.69) is 5.32 Å². The van der Waals surface area contributed by atoms with Gasteiger partial charge in [-0.05, 0) is 39.0 Å². The average molecular weight is 255 g/mol. The molecule has 1 rings (SSSR count). The number of benzene rings is 1.